The highest BCUT2D eigenvalue weighted by Gasteiger charge is 2.30. The lowest BCUT2D eigenvalue weighted by Crippen LogP contribution is -2.55. The van der Waals surface area contributed by atoms with Crippen molar-refractivity contribution in [3.63, 3.8) is 0 Å². The predicted molar refractivity (Wildman–Crippen MR) is 121 cm³/mol. The van der Waals surface area contributed by atoms with Gasteiger partial charge in [0, 0.05) is 37.8 Å². The Bertz CT molecular complexity index is 867. The van der Waals surface area contributed by atoms with Crippen LogP contribution in [0.5, 0.6) is 0 Å². The quantitative estimate of drug-likeness (QED) is 0.689. The van der Waals surface area contributed by atoms with Crippen molar-refractivity contribution < 1.29 is 14.1 Å². The fourth-order valence-corrected chi connectivity index (χ4v) is 3.94. The smallest absolute Gasteiger partial charge is 0.253 e. The van der Waals surface area contributed by atoms with Crippen molar-refractivity contribution in [2.24, 2.45) is 0 Å². The molecule has 1 aliphatic heterocycles. The molecule has 0 spiro atoms. The third kappa shape index (κ3) is 5.94. The van der Waals surface area contributed by atoms with Crippen LogP contribution in [0.3, 0.4) is 0 Å². The Kier molecular flexibility index (Phi) is 7.85. The molecule has 0 saturated carbocycles. The zero-order valence-electron chi connectivity index (χ0n) is 19.1. The summed E-state index contributed by atoms with van der Waals surface area (Å²) in [4.78, 5) is 29.9. The lowest BCUT2D eigenvalue weighted by molar-refractivity contribution is -0.122. The van der Waals surface area contributed by atoms with Gasteiger partial charge in [0.1, 0.15) is 5.76 Å². The van der Waals surface area contributed by atoms with Crippen LogP contribution >= 0.6 is 0 Å². The molecule has 1 saturated heterocycles. The zero-order chi connectivity index (χ0) is 22.4. The monoisotopic (exact) mass is 426 g/mol. The maximum Gasteiger partial charge on any atom is 0.253 e. The number of anilines is 1. The van der Waals surface area contributed by atoms with Gasteiger partial charge >= 0.3 is 0 Å². The van der Waals surface area contributed by atoms with Crippen molar-refractivity contribution in [3.05, 3.63) is 47.2 Å². The summed E-state index contributed by atoms with van der Waals surface area (Å²) in [6, 6.07) is 9.38. The molecule has 2 amide bonds. The number of hydrogen-bond donors (Lipinski definition) is 1. The number of carbonyl (C=O) groups is 2. The molecule has 3 rings (SSSR count). The molecule has 1 aromatic carbocycles. The Hall–Kier alpha value is -2.67. The number of aromatic nitrogens is 1. The second kappa shape index (κ2) is 10.6. The van der Waals surface area contributed by atoms with E-state index >= 15 is 0 Å². The number of nitrogens with zero attached hydrogens (tertiary/aromatic N) is 3. The van der Waals surface area contributed by atoms with Crippen molar-refractivity contribution >= 4 is 17.6 Å². The molecule has 1 N–H and O–H groups in total. The van der Waals surface area contributed by atoms with Crippen molar-refractivity contribution in [3.8, 4) is 0 Å². The Morgan fingerprint density at radius 1 is 1.13 bits per heavy atom. The van der Waals surface area contributed by atoms with Crippen LogP contribution in [0.1, 0.15) is 67.6 Å². The van der Waals surface area contributed by atoms with Gasteiger partial charge in [0.25, 0.3) is 5.91 Å². The number of carbonyl (C=O) groups excluding carboxylic acids is 2. The fourth-order valence-electron chi connectivity index (χ4n) is 3.94. The van der Waals surface area contributed by atoms with Crippen molar-refractivity contribution in [2.75, 3.05) is 31.5 Å². The molecule has 0 radical (unpaired) electrons. The predicted octanol–water partition coefficient (Wildman–Crippen LogP) is 4.06. The van der Waals surface area contributed by atoms with Crippen LogP contribution in [0.4, 0.5) is 5.82 Å². The van der Waals surface area contributed by atoms with E-state index in [4.69, 9.17) is 4.52 Å². The lowest BCUT2D eigenvalue weighted by atomic mass is 10.0. The van der Waals surface area contributed by atoms with Crippen molar-refractivity contribution in [2.45, 2.75) is 58.9 Å². The molecule has 0 bridgehead atoms. The molecule has 2 heterocycles. The highest BCUT2D eigenvalue weighted by Crippen LogP contribution is 2.19. The van der Waals surface area contributed by atoms with Gasteiger partial charge in [-0.25, -0.2) is 0 Å². The summed E-state index contributed by atoms with van der Waals surface area (Å²) in [5.74, 6) is 1.55. The maximum absolute atomic E-state index is 12.9. The van der Waals surface area contributed by atoms with Crippen LogP contribution in [-0.4, -0.2) is 59.0 Å². The molecule has 7 heteroatoms. The molecular formula is C24H34N4O3. The highest BCUT2D eigenvalue weighted by atomic mass is 16.5. The van der Waals surface area contributed by atoms with E-state index in [0.29, 0.717) is 43.7 Å². The summed E-state index contributed by atoms with van der Waals surface area (Å²) in [6.45, 7) is 10.8. The Morgan fingerprint density at radius 3 is 2.35 bits per heavy atom. The number of aryl methyl sites for hydroxylation is 1. The van der Waals surface area contributed by atoms with E-state index in [1.807, 2.05) is 29.2 Å². The number of nitrogens with one attached hydrogen (secondary N) is 1. The summed E-state index contributed by atoms with van der Waals surface area (Å²) in [5.41, 5.74) is 1.95. The first-order valence-corrected chi connectivity index (χ1v) is 11.3. The average molecular weight is 427 g/mol. The van der Waals surface area contributed by atoms with Crippen LogP contribution in [-0.2, 0) is 4.79 Å². The number of benzene rings is 1. The van der Waals surface area contributed by atoms with Crippen LogP contribution in [0.15, 0.2) is 34.9 Å². The van der Waals surface area contributed by atoms with Gasteiger partial charge in [-0.2, -0.15) is 0 Å². The fraction of sp³-hybridized carbons (Fsp3) is 0.542. The molecule has 7 nitrogen and oxygen atoms in total. The van der Waals surface area contributed by atoms with Gasteiger partial charge in [0.05, 0.1) is 6.04 Å². The molecular weight excluding hydrogens is 392 g/mol. The molecule has 2 aromatic rings. The van der Waals surface area contributed by atoms with Crippen LogP contribution in [0, 0.1) is 6.92 Å². The van der Waals surface area contributed by atoms with E-state index < -0.39 is 0 Å². The molecule has 1 fully saturated rings. The molecule has 1 atom stereocenters. The summed E-state index contributed by atoms with van der Waals surface area (Å²) < 4.78 is 5.05. The van der Waals surface area contributed by atoms with Crippen molar-refractivity contribution in [1.29, 1.82) is 0 Å². The van der Waals surface area contributed by atoms with Gasteiger partial charge < -0.3 is 14.7 Å². The van der Waals surface area contributed by atoms with E-state index in [2.05, 4.69) is 36.1 Å². The number of rotatable bonds is 8. The number of amides is 2. The second-order valence-corrected chi connectivity index (χ2v) is 8.57. The first-order chi connectivity index (χ1) is 14.9. The minimum absolute atomic E-state index is 0.0580. The van der Waals surface area contributed by atoms with Crippen LogP contribution in [0.2, 0.25) is 0 Å². The molecule has 1 aliphatic rings. The largest absolute Gasteiger partial charge is 0.360 e. The van der Waals surface area contributed by atoms with E-state index in [9.17, 15) is 9.59 Å². The minimum atomic E-state index is -0.237. The van der Waals surface area contributed by atoms with E-state index in [-0.39, 0.29) is 17.9 Å². The summed E-state index contributed by atoms with van der Waals surface area (Å²) in [5, 5.41) is 6.75. The summed E-state index contributed by atoms with van der Waals surface area (Å²) in [7, 11) is 0. The van der Waals surface area contributed by atoms with Gasteiger partial charge in [-0.15, -0.1) is 0 Å². The normalized spacial score (nSPS) is 15.8. The number of hydrogen-bond acceptors (Lipinski definition) is 5. The topological polar surface area (TPSA) is 78.7 Å². The molecule has 1 unspecified atom stereocenters. The minimum Gasteiger partial charge on any atom is -0.360 e. The van der Waals surface area contributed by atoms with Crippen molar-refractivity contribution in [1.82, 2.24) is 15.0 Å². The number of unbranched alkanes of at least 4 members (excludes halogenated alkanes) is 1. The van der Waals surface area contributed by atoms with Gasteiger partial charge in [-0.05, 0) is 37.0 Å². The molecule has 1 aromatic heterocycles. The van der Waals surface area contributed by atoms with E-state index in [0.717, 1.165) is 24.8 Å². The van der Waals surface area contributed by atoms with Gasteiger partial charge in [-0.3, -0.25) is 14.5 Å². The highest BCUT2D eigenvalue weighted by molar-refractivity contribution is 5.95. The third-order valence-corrected chi connectivity index (χ3v) is 5.88. The first-order valence-electron chi connectivity index (χ1n) is 11.3. The van der Waals surface area contributed by atoms with E-state index in [1.54, 1.807) is 13.0 Å². The standard InChI is InChI=1S/C24H34N4O3/c1-5-6-7-21(23(29)25-22-16-18(4)31-26-22)27-12-14-28(15-13-27)24(30)20-10-8-19(9-11-20)17(2)3/h8-11,16-17,21H,5-7,12-15H2,1-4H3,(H,25,26,29). The first kappa shape index (κ1) is 23.0. The maximum atomic E-state index is 12.9. The molecule has 0 aliphatic carbocycles. The van der Waals surface area contributed by atoms with E-state index in [1.165, 1.54) is 5.56 Å². The SMILES string of the molecule is CCCCC(C(=O)Nc1cc(C)on1)N1CCN(C(=O)c2ccc(C(C)C)cc2)CC1. The van der Waals surface area contributed by atoms with Crippen LogP contribution < -0.4 is 5.32 Å². The molecule has 31 heavy (non-hydrogen) atoms. The van der Waals surface area contributed by atoms with Gasteiger partial charge in [0.15, 0.2) is 5.82 Å². The summed E-state index contributed by atoms with van der Waals surface area (Å²) >= 11 is 0. The zero-order valence-corrected chi connectivity index (χ0v) is 19.1. The van der Waals surface area contributed by atoms with Gasteiger partial charge in [0.2, 0.25) is 5.91 Å². The second-order valence-electron chi connectivity index (χ2n) is 8.57. The Morgan fingerprint density at radius 2 is 1.81 bits per heavy atom. The number of piperazine rings is 1. The third-order valence-electron chi connectivity index (χ3n) is 5.88. The Balaban J connectivity index is 1.60. The molecule has 168 valence electrons. The lowest BCUT2D eigenvalue weighted by Gasteiger charge is -2.38. The van der Waals surface area contributed by atoms with Crippen LogP contribution in [0.25, 0.3) is 0 Å². The average Bonchev–Trinajstić information content (AvgIpc) is 3.18. The Labute approximate surface area is 184 Å². The summed E-state index contributed by atoms with van der Waals surface area (Å²) in [6.07, 6.45) is 2.78. The van der Waals surface area contributed by atoms with Gasteiger partial charge in [-0.1, -0.05) is 50.9 Å².